The van der Waals surface area contributed by atoms with Crippen LogP contribution in [-0.2, 0) is 17.3 Å². The maximum atomic E-state index is 5.38. The Morgan fingerprint density at radius 2 is 1.79 bits per heavy atom. The van der Waals surface area contributed by atoms with E-state index >= 15 is 0 Å². The summed E-state index contributed by atoms with van der Waals surface area (Å²) in [6.45, 7) is 20.3. The molecule has 0 saturated carbocycles. The molecule has 2 unspecified atom stereocenters. The van der Waals surface area contributed by atoms with E-state index < -0.39 is 0 Å². The Morgan fingerprint density at radius 1 is 1.06 bits per heavy atom. The molecular formula is C29H40N4S. The van der Waals surface area contributed by atoms with Gasteiger partial charge in [0.1, 0.15) is 0 Å². The Kier molecular flexibility index (Phi) is 6.80. The highest BCUT2D eigenvalue weighted by molar-refractivity contribution is 7.99. The fraction of sp³-hybridized carbons (Fsp3) is 0.586. The minimum absolute atomic E-state index is 0.214. The highest BCUT2D eigenvalue weighted by Gasteiger charge is 2.49. The van der Waals surface area contributed by atoms with Crippen molar-refractivity contribution in [3.8, 4) is 0 Å². The van der Waals surface area contributed by atoms with E-state index in [1.165, 1.54) is 5.56 Å². The zero-order valence-corrected chi connectivity index (χ0v) is 23.2. The lowest BCUT2D eigenvalue weighted by Gasteiger charge is -2.43. The van der Waals surface area contributed by atoms with Crippen LogP contribution in [0.4, 0.5) is 0 Å². The van der Waals surface area contributed by atoms with E-state index in [0.717, 1.165) is 58.1 Å². The summed E-state index contributed by atoms with van der Waals surface area (Å²) in [7, 11) is 0. The predicted octanol–water partition coefficient (Wildman–Crippen LogP) is 7.66. The van der Waals surface area contributed by atoms with Gasteiger partial charge in [-0.3, -0.25) is 9.97 Å². The molecule has 0 N–H and O–H groups in total. The molecule has 3 aromatic rings. The first kappa shape index (κ1) is 25.1. The van der Waals surface area contributed by atoms with E-state index in [1.807, 2.05) is 18.0 Å². The summed E-state index contributed by atoms with van der Waals surface area (Å²) in [4.78, 5) is 20.7. The second kappa shape index (κ2) is 9.22. The quantitative estimate of drug-likeness (QED) is 0.378. The van der Waals surface area contributed by atoms with Gasteiger partial charge in [0.05, 0.1) is 39.5 Å². The third-order valence-electron chi connectivity index (χ3n) is 8.04. The van der Waals surface area contributed by atoms with Gasteiger partial charge in [-0.05, 0) is 55.1 Å². The molecule has 4 rings (SSSR count). The predicted molar refractivity (Wildman–Crippen MR) is 145 cm³/mol. The number of thioether (sulfide) groups is 1. The first-order chi connectivity index (χ1) is 16.0. The average molecular weight is 477 g/mol. The fourth-order valence-electron chi connectivity index (χ4n) is 5.14. The Hall–Kier alpha value is -2.01. The third kappa shape index (κ3) is 4.14. The molecule has 0 bridgehead atoms. The number of nitrogens with zero attached hydrogens (tertiary/aromatic N) is 4. The molecule has 0 saturated heterocycles. The number of rotatable bonds is 5. The largest absolute Gasteiger partial charge is 0.257 e. The highest BCUT2D eigenvalue weighted by atomic mass is 32.2. The molecule has 0 radical (unpaired) electrons. The van der Waals surface area contributed by atoms with Crippen LogP contribution in [-0.4, -0.2) is 25.7 Å². The molecule has 2 aromatic heterocycles. The zero-order chi connectivity index (χ0) is 24.8. The normalized spacial score (nSPS) is 21.2. The van der Waals surface area contributed by atoms with Crippen LogP contribution in [0.25, 0.3) is 11.0 Å². The van der Waals surface area contributed by atoms with Crippen molar-refractivity contribution in [3.05, 3.63) is 58.4 Å². The smallest absolute Gasteiger partial charge is 0.0893 e. The van der Waals surface area contributed by atoms with Crippen LogP contribution in [0.15, 0.2) is 24.4 Å². The van der Waals surface area contributed by atoms with Gasteiger partial charge in [0.2, 0.25) is 0 Å². The van der Waals surface area contributed by atoms with Crippen molar-refractivity contribution in [2.24, 2.45) is 0 Å². The molecule has 182 valence electrons. The Morgan fingerprint density at radius 3 is 2.44 bits per heavy atom. The van der Waals surface area contributed by atoms with Crippen LogP contribution in [0.5, 0.6) is 0 Å². The number of benzene rings is 1. The summed E-state index contributed by atoms with van der Waals surface area (Å²) in [5.41, 5.74) is 8.39. The lowest BCUT2D eigenvalue weighted by atomic mass is 9.61. The van der Waals surface area contributed by atoms with Gasteiger partial charge >= 0.3 is 0 Å². The van der Waals surface area contributed by atoms with Crippen LogP contribution < -0.4 is 0 Å². The minimum atomic E-state index is -0.253. The summed E-state index contributed by atoms with van der Waals surface area (Å²) in [5.74, 6) is 1.91. The average Bonchev–Trinajstić information content (AvgIpc) is 2.93. The van der Waals surface area contributed by atoms with Crippen molar-refractivity contribution < 1.29 is 0 Å². The summed E-state index contributed by atoms with van der Waals surface area (Å²) in [6.07, 6.45) is 3.94. The Bertz CT molecular complexity index is 1200. The van der Waals surface area contributed by atoms with E-state index in [9.17, 15) is 0 Å². The van der Waals surface area contributed by atoms with Crippen molar-refractivity contribution in [3.63, 3.8) is 0 Å². The second-order valence-electron chi connectivity index (χ2n) is 11.2. The molecule has 0 amide bonds. The molecule has 0 spiro atoms. The summed E-state index contributed by atoms with van der Waals surface area (Å²) < 4.78 is 0. The van der Waals surface area contributed by atoms with E-state index in [0.29, 0.717) is 17.1 Å². The first-order valence-corrected chi connectivity index (χ1v) is 13.8. The molecule has 4 nitrogen and oxygen atoms in total. The standard InChI is InChI=1S/C29H40N4S/c1-10-21-25(18(4)5)30-16-24(31-21)28(7,8)29(9)13-14-34-19(6)26-27(29)33-23-15-20(17(2)3)11-12-22(23)32-26/h11-12,15-19H,10,13-14H2,1-9H3. The SMILES string of the molecule is CCc1nc(C(C)(C)C2(C)CCSC(C)c3nc4ccc(C(C)C)cc4nc32)cnc1C(C)C. The summed E-state index contributed by atoms with van der Waals surface area (Å²) in [5, 5.41) is 0.315. The van der Waals surface area contributed by atoms with Gasteiger partial charge in [-0.15, -0.1) is 0 Å². The Balaban J connectivity index is 1.93. The maximum Gasteiger partial charge on any atom is 0.0893 e. The van der Waals surface area contributed by atoms with Gasteiger partial charge in [0, 0.05) is 22.3 Å². The van der Waals surface area contributed by atoms with E-state index in [2.05, 4.69) is 80.5 Å². The van der Waals surface area contributed by atoms with Crippen molar-refractivity contribution in [1.29, 1.82) is 0 Å². The summed E-state index contributed by atoms with van der Waals surface area (Å²) >= 11 is 1.99. The zero-order valence-electron chi connectivity index (χ0n) is 22.4. The molecule has 34 heavy (non-hydrogen) atoms. The topological polar surface area (TPSA) is 51.6 Å². The van der Waals surface area contributed by atoms with Crippen LogP contribution >= 0.6 is 11.8 Å². The lowest BCUT2D eigenvalue weighted by Crippen LogP contribution is -2.45. The molecule has 0 aliphatic carbocycles. The van der Waals surface area contributed by atoms with Crippen molar-refractivity contribution in [1.82, 2.24) is 19.9 Å². The second-order valence-corrected chi connectivity index (χ2v) is 12.6. The van der Waals surface area contributed by atoms with Gasteiger partial charge in [0.15, 0.2) is 0 Å². The van der Waals surface area contributed by atoms with Crippen LogP contribution in [0, 0.1) is 0 Å². The van der Waals surface area contributed by atoms with E-state index in [4.69, 9.17) is 19.9 Å². The van der Waals surface area contributed by atoms with Gasteiger partial charge in [-0.2, -0.15) is 11.8 Å². The number of aryl methyl sites for hydroxylation is 1. The summed E-state index contributed by atoms with van der Waals surface area (Å²) in [6, 6.07) is 6.58. The van der Waals surface area contributed by atoms with Crippen LogP contribution in [0.3, 0.4) is 0 Å². The van der Waals surface area contributed by atoms with Gasteiger partial charge < -0.3 is 0 Å². The van der Waals surface area contributed by atoms with E-state index in [1.54, 1.807) is 0 Å². The van der Waals surface area contributed by atoms with Crippen LogP contribution in [0.1, 0.15) is 120 Å². The monoisotopic (exact) mass is 476 g/mol. The first-order valence-electron chi connectivity index (χ1n) is 12.8. The minimum Gasteiger partial charge on any atom is -0.257 e. The Labute approximate surface area is 209 Å². The molecule has 1 aliphatic rings. The third-order valence-corrected chi connectivity index (χ3v) is 9.20. The number of fused-ring (bicyclic) bond motifs is 2. The van der Waals surface area contributed by atoms with Gasteiger partial charge in [-0.1, -0.05) is 61.5 Å². The fourth-order valence-corrected chi connectivity index (χ4v) is 6.34. The van der Waals surface area contributed by atoms with E-state index in [-0.39, 0.29) is 10.8 Å². The maximum absolute atomic E-state index is 5.38. The molecular weight excluding hydrogens is 436 g/mol. The molecule has 1 aromatic carbocycles. The van der Waals surface area contributed by atoms with Gasteiger partial charge in [-0.25, -0.2) is 9.97 Å². The van der Waals surface area contributed by atoms with Crippen molar-refractivity contribution >= 4 is 22.8 Å². The molecule has 5 heteroatoms. The lowest BCUT2D eigenvalue weighted by molar-refractivity contribution is 0.253. The number of hydrogen-bond acceptors (Lipinski definition) is 5. The number of aromatic nitrogens is 4. The van der Waals surface area contributed by atoms with Crippen LogP contribution in [0.2, 0.25) is 0 Å². The molecule has 1 aliphatic heterocycles. The van der Waals surface area contributed by atoms with Crippen molar-refractivity contribution in [2.75, 3.05) is 5.75 Å². The molecule has 3 heterocycles. The van der Waals surface area contributed by atoms with Crippen molar-refractivity contribution in [2.45, 2.75) is 103 Å². The van der Waals surface area contributed by atoms with Gasteiger partial charge in [0.25, 0.3) is 0 Å². The number of hydrogen-bond donors (Lipinski definition) is 0. The molecule has 0 fully saturated rings. The molecule has 2 atom stereocenters. The highest BCUT2D eigenvalue weighted by Crippen LogP contribution is 2.51.